The molecule has 0 bridgehead atoms. The molecule has 2 aliphatic heterocycles. The Balaban J connectivity index is 1.69. The average Bonchev–Trinajstić information content (AvgIpc) is 3.37. The largest absolute Gasteiger partial charge is 0.490 e. The van der Waals surface area contributed by atoms with Crippen LogP contribution >= 0.6 is 0 Å². The van der Waals surface area contributed by atoms with E-state index in [1.54, 1.807) is 13.2 Å². The number of nitrogens with zero attached hydrogens (tertiary/aromatic N) is 2. The van der Waals surface area contributed by atoms with E-state index in [9.17, 15) is 4.79 Å². The fourth-order valence-electron chi connectivity index (χ4n) is 4.76. The number of aromatic nitrogens is 1. The number of hydrogen-bond acceptors (Lipinski definition) is 7. The maximum Gasteiger partial charge on any atom is 0.273 e. The fourth-order valence-corrected chi connectivity index (χ4v) is 4.76. The molecule has 0 radical (unpaired) electrons. The highest BCUT2D eigenvalue weighted by Crippen LogP contribution is 2.33. The second-order valence-corrected chi connectivity index (χ2v) is 9.25. The molecule has 1 aromatic heterocycles. The number of methoxy groups -OCH3 is 1. The molecule has 8 heteroatoms. The van der Waals surface area contributed by atoms with Crippen LogP contribution in [0, 0.1) is 0 Å². The molecular weight excluding hydrogens is 434 g/mol. The molecular formula is C26H37N3O5. The van der Waals surface area contributed by atoms with Crippen LogP contribution in [0.4, 0.5) is 0 Å². The highest BCUT2D eigenvalue weighted by molar-refractivity contribution is 5.98. The van der Waals surface area contributed by atoms with E-state index in [1.807, 2.05) is 23.1 Å². The van der Waals surface area contributed by atoms with Gasteiger partial charge in [-0.3, -0.25) is 4.79 Å². The SMILES string of the molecule is COCCOc1cc(C(=O)N(C(C)C)[C@@H]2CCCNC2)nc2c(OC[C@@H]3CCCO3)cccc12. The minimum atomic E-state index is -0.0869. The molecule has 2 aliphatic rings. The van der Waals surface area contributed by atoms with Crippen LogP contribution in [-0.2, 0) is 9.47 Å². The van der Waals surface area contributed by atoms with E-state index in [-0.39, 0.29) is 24.1 Å². The van der Waals surface area contributed by atoms with Gasteiger partial charge in [-0.2, -0.15) is 0 Å². The van der Waals surface area contributed by atoms with Gasteiger partial charge in [-0.05, 0) is 58.2 Å². The molecule has 3 heterocycles. The van der Waals surface area contributed by atoms with Gasteiger partial charge in [0.15, 0.2) is 0 Å². The molecule has 34 heavy (non-hydrogen) atoms. The van der Waals surface area contributed by atoms with Gasteiger partial charge in [0.05, 0.1) is 12.7 Å². The van der Waals surface area contributed by atoms with Crippen LogP contribution in [0.5, 0.6) is 11.5 Å². The van der Waals surface area contributed by atoms with Gasteiger partial charge >= 0.3 is 0 Å². The highest BCUT2D eigenvalue weighted by atomic mass is 16.5. The first-order valence-corrected chi connectivity index (χ1v) is 12.4. The van der Waals surface area contributed by atoms with Crippen LogP contribution in [-0.4, -0.2) is 80.6 Å². The zero-order chi connectivity index (χ0) is 23.9. The Hall–Kier alpha value is -2.42. The summed E-state index contributed by atoms with van der Waals surface area (Å²) < 4.78 is 23.1. The maximum absolute atomic E-state index is 13.8. The van der Waals surface area contributed by atoms with E-state index < -0.39 is 0 Å². The van der Waals surface area contributed by atoms with Gasteiger partial charge < -0.3 is 29.2 Å². The quantitative estimate of drug-likeness (QED) is 0.532. The molecule has 2 aromatic rings. The molecule has 1 N–H and O–H groups in total. The molecule has 1 amide bonds. The second kappa shape index (κ2) is 11.8. The predicted octanol–water partition coefficient (Wildman–Crippen LogP) is 3.42. The van der Waals surface area contributed by atoms with Gasteiger partial charge in [-0.15, -0.1) is 0 Å². The Morgan fingerprint density at radius 3 is 2.79 bits per heavy atom. The summed E-state index contributed by atoms with van der Waals surface area (Å²) in [5.41, 5.74) is 0.997. The van der Waals surface area contributed by atoms with Crippen molar-refractivity contribution in [3.05, 3.63) is 30.0 Å². The van der Waals surface area contributed by atoms with E-state index in [1.165, 1.54) is 0 Å². The van der Waals surface area contributed by atoms with Crippen LogP contribution in [0.1, 0.15) is 50.0 Å². The van der Waals surface area contributed by atoms with Crippen molar-refractivity contribution in [3.8, 4) is 11.5 Å². The van der Waals surface area contributed by atoms with Crippen molar-refractivity contribution < 1.29 is 23.7 Å². The third-order valence-corrected chi connectivity index (χ3v) is 6.43. The first-order chi connectivity index (χ1) is 16.6. The standard InChI is InChI=1S/C26H37N3O5/c1-18(2)29(19-7-5-11-27-16-19)26(30)22-15-24(33-14-13-31-3)21-9-4-10-23(25(21)28-22)34-17-20-8-6-12-32-20/h4,9-10,15,18-20,27H,5-8,11-14,16-17H2,1-3H3/t19-,20+/m1/s1. The van der Waals surface area contributed by atoms with Crippen molar-refractivity contribution in [2.24, 2.45) is 0 Å². The molecule has 1 aromatic carbocycles. The van der Waals surface area contributed by atoms with Crippen molar-refractivity contribution >= 4 is 16.8 Å². The summed E-state index contributed by atoms with van der Waals surface area (Å²) >= 11 is 0. The first kappa shape index (κ1) is 24.7. The van der Waals surface area contributed by atoms with Crippen molar-refractivity contribution in [2.45, 2.75) is 57.7 Å². The Kier molecular flexibility index (Phi) is 8.59. The Morgan fingerprint density at radius 1 is 1.21 bits per heavy atom. The van der Waals surface area contributed by atoms with E-state index in [0.29, 0.717) is 42.5 Å². The van der Waals surface area contributed by atoms with Crippen LogP contribution in [0.25, 0.3) is 10.9 Å². The summed E-state index contributed by atoms with van der Waals surface area (Å²) in [4.78, 5) is 20.6. The Bertz CT molecular complexity index is 955. The minimum absolute atomic E-state index is 0.0544. The molecule has 0 saturated carbocycles. The van der Waals surface area contributed by atoms with Crippen molar-refractivity contribution in [1.29, 1.82) is 0 Å². The monoisotopic (exact) mass is 471 g/mol. The number of fused-ring (bicyclic) bond motifs is 1. The number of para-hydroxylation sites is 1. The van der Waals surface area contributed by atoms with Gasteiger partial charge in [-0.1, -0.05) is 6.07 Å². The Morgan fingerprint density at radius 2 is 2.09 bits per heavy atom. The smallest absolute Gasteiger partial charge is 0.273 e. The molecule has 2 atom stereocenters. The molecule has 0 aliphatic carbocycles. The normalized spacial score (nSPS) is 20.6. The average molecular weight is 472 g/mol. The minimum Gasteiger partial charge on any atom is -0.490 e. The lowest BCUT2D eigenvalue weighted by atomic mass is 10.0. The van der Waals surface area contributed by atoms with E-state index >= 15 is 0 Å². The van der Waals surface area contributed by atoms with Crippen LogP contribution < -0.4 is 14.8 Å². The summed E-state index contributed by atoms with van der Waals surface area (Å²) in [6.45, 7) is 7.97. The number of piperidine rings is 1. The van der Waals surface area contributed by atoms with Gasteiger partial charge in [0.1, 0.15) is 35.9 Å². The number of benzene rings is 1. The van der Waals surface area contributed by atoms with Crippen LogP contribution in [0.2, 0.25) is 0 Å². The van der Waals surface area contributed by atoms with Crippen LogP contribution in [0.15, 0.2) is 24.3 Å². The number of nitrogens with one attached hydrogen (secondary N) is 1. The lowest BCUT2D eigenvalue weighted by molar-refractivity contribution is 0.0567. The lowest BCUT2D eigenvalue weighted by Gasteiger charge is -2.37. The predicted molar refractivity (Wildman–Crippen MR) is 131 cm³/mol. The molecule has 2 fully saturated rings. The summed E-state index contributed by atoms with van der Waals surface area (Å²) in [5.74, 6) is 1.16. The number of carbonyl (C=O) groups excluding carboxylic acids is 1. The van der Waals surface area contributed by atoms with E-state index in [0.717, 1.165) is 50.8 Å². The number of pyridine rings is 1. The van der Waals surface area contributed by atoms with Crippen molar-refractivity contribution in [1.82, 2.24) is 15.2 Å². The molecule has 186 valence electrons. The number of ether oxygens (including phenoxy) is 4. The zero-order valence-electron chi connectivity index (χ0n) is 20.5. The number of amides is 1. The molecule has 0 spiro atoms. The number of carbonyl (C=O) groups is 1. The topological polar surface area (TPSA) is 82.2 Å². The maximum atomic E-state index is 13.8. The van der Waals surface area contributed by atoms with Crippen LogP contribution in [0.3, 0.4) is 0 Å². The summed E-state index contributed by atoms with van der Waals surface area (Å²) in [5, 5.41) is 4.23. The van der Waals surface area contributed by atoms with Gasteiger partial charge in [0.2, 0.25) is 0 Å². The summed E-state index contributed by atoms with van der Waals surface area (Å²) in [6, 6.07) is 7.72. The number of rotatable bonds is 10. The van der Waals surface area contributed by atoms with Crippen molar-refractivity contribution in [3.63, 3.8) is 0 Å². The fraction of sp³-hybridized carbons (Fsp3) is 0.615. The van der Waals surface area contributed by atoms with E-state index in [2.05, 4.69) is 19.2 Å². The van der Waals surface area contributed by atoms with Gasteiger partial charge in [0, 0.05) is 43.8 Å². The van der Waals surface area contributed by atoms with Gasteiger partial charge in [-0.25, -0.2) is 4.98 Å². The molecule has 2 saturated heterocycles. The first-order valence-electron chi connectivity index (χ1n) is 12.4. The highest BCUT2D eigenvalue weighted by Gasteiger charge is 2.30. The second-order valence-electron chi connectivity index (χ2n) is 9.25. The third-order valence-electron chi connectivity index (χ3n) is 6.43. The lowest BCUT2D eigenvalue weighted by Crippen LogP contribution is -2.51. The molecule has 0 unspecified atom stereocenters. The third kappa shape index (κ3) is 5.79. The number of hydrogen-bond donors (Lipinski definition) is 1. The molecule has 8 nitrogen and oxygen atoms in total. The van der Waals surface area contributed by atoms with Gasteiger partial charge in [0.25, 0.3) is 5.91 Å². The zero-order valence-corrected chi connectivity index (χ0v) is 20.5. The summed E-state index contributed by atoms with van der Waals surface area (Å²) in [7, 11) is 1.64. The molecule has 4 rings (SSSR count). The Labute approximate surface area is 201 Å². The van der Waals surface area contributed by atoms with Crippen molar-refractivity contribution in [2.75, 3.05) is 46.6 Å². The van der Waals surface area contributed by atoms with E-state index in [4.69, 9.17) is 23.9 Å². The summed E-state index contributed by atoms with van der Waals surface area (Å²) in [6.07, 6.45) is 4.18.